The number of hydrogen-bond donors (Lipinski definition) is 4. The highest BCUT2D eigenvalue weighted by molar-refractivity contribution is 5.97. The van der Waals surface area contributed by atoms with E-state index >= 15 is 0 Å². The Kier molecular flexibility index (Phi) is 22.3. The third-order valence-electron chi connectivity index (χ3n) is 11.6. The van der Waals surface area contributed by atoms with Crippen molar-refractivity contribution in [2.45, 2.75) is 129 Å². The van der Waals surface area contributed by atoms with Gasteiger partial charge in [-0.1, -0.05) is 84.7 Å². The maximum atomic E-state index is 14.0. The van der Waals surface area contributed by atoms with Gasteiger partial charge in [0.2, 0.25) is 29.5 Å². The highest BCUT2D eigenvalue weighted by atomic mass is 16.5. The first-order valence-corrected chi connectivity index (χ1v) is 21.5. The summed E-state index contributed by atoms with van der Waals surface area (Å²) in [5.74, 6) is -1.26. The first kappa shape index (κ1) is 51.6. The van der Waals surface area contributed by atoms with Crippen LogP contribution in [0.4, 0.5) is 11.4 Å². The number of methoxy groups -OCH3 is 2. The van der Waals surface area contributed by atoms with Crippen LogP contribution in [0.2, 0.25) is 0 Å². The number of primary amides is 1. The summed E-state index contributed by atoms with van der Waals surface area (Å²) in [6.07, 6.45) is 3.78. The van der Waals surface area contributed by atoms with Crippen LogP contribution in [0.3, 0.4) is 0 Å². The molecule has 14 nitrogen and oxygen atoms in total. The maximum absolute atomic E-state index is 14.0. The van der Waals surface area contributed by atoms with Gasteiger partial charge >= 0.3 is 0 Å². The molecule has 2 aromatic rings. The molecule has 0 aliphatic carbocycles. The van der Waals surface area contributed by atoms with Crippen LogP contribution in [-0.4, -0.2) is 123 Å². The summed E-state index contributed by atoms with van der Waals surface area (Å²) < 4.78 is 11.9. The van der Waals surface area contributed by atoms with Gasteiger partial charge in [0, 0.05) is 52.0 Å². The third kappa shape index (κ3) is 15.5. The number of nitrogens with zero attached hydrogens (tertiary/aromatic N) is 3. The zero-order valence-electron chi connectivity index (χ0n) is 38.1. The molecule has 5 amide bonds. The molecule has 0 bridgehead atoms. The van der Waals surface area contributed by atoms with Gasteiger partial charge in [-0.2, -0.15) is 0 Å². The number of likely N-dealkylation sites (N-methyl/N-ethyl adjacent to an activating group) is 2. The minimum absolute atomic E-state index is 0.0534. The Balaban J connectivity index is 0.00000109. The largest absolute Gasteiger partial charge is 0.399 e. The number of rotatable bonds is 22. The summed E-state index contributed by atoms with van der Waals surface area (Å²) in [4.78, 5) is 70.6. The van der Waals surface area contributed by atoms with Gasteiger partial charge in [0.1, 0.15) is 6.04 Å². The fraction of sp³-hybridized carbons (Fsp3) is 0.630. The Bertz CT molecular complexity index is 1620. The molecule has 1 aliphatic heterocycles. The quantitative estimate of drug-likeness (QED) is 0.117. The second kappa shape index (κ2) is 25.9. The Morgan fingerprint density at radius 1 is 0.900 bits per heavy atom. The standard InChI is InChI=1S/C39H59N5O6.C7H16N2O/c1-8-10-18-34(45)43(5)36(26(3)9-2)33(49-6)25-35(46)44-23-14-17-32(44)37(50-7)27(4)38(47)42-31(24-28-15-12-11-13-16-28)39(48)41-30-21-19-29(40)20-22-30;1-5(2)6(7(8)10)9(3)4/h11-13,15-16,19-22,26-27,31-33,36-37H,8-10,14,17-18,23-25,40H2,1-7H3,(H,41,48)(H,42,47);5-6H,1-4H3,(H2,8,10)/t26?,27?,31-,32?,33?,36?,37?;/m0./s1. The van der Waals surface area contributed by atoms with Crippen molar-refractivity contribution in [1.29, 1.82) is 0 Å². The lowest BCUT2D eigenvalue weighted by Crippen LogP contribution is -2.54. The van der Waals surface area contributed by atoms with Crippen molar-refractivity contribution in [3.05, 3.63) is 60.2 Å². The van der Waals surface area contributed by atoms with Crippen LogP contribution in [0.25, 0.3) is 0 Å². The Morgan fingerprint density at radius 3 is 2.03 bits per heavy atom. The first-order valence-electron chi connectivity index (χ1n) is 21.5. The van der Waals surface area contributed by atoms with Gasteiger partial charge in [0.15, 0.2) is 0 Å². The van der Waals surface area contributed by atoms with Gasteiger partial charge in [0.25, 0.3) is 0 Å². The van der Waals surface area contributed by atoms with Crippen molar-refractivity contribution in [2.24, 2.45) is 23.5 Å². The number of nitrogen functional groups attached to an aromatic ring is 1. The fourth-order valence-electron chi connectivity index (χ4n) is 8.17. The molecule has 1 aliphatic rings. The zero-order valence-corrected chi connectivity index (χ0v) is 38.1. The van der Waals surface area contributed by atoms with Crippen LogP contribution in [0.5, 0.6) is 0 Å². The third-order valence-corrected chi connectivity index (χ3v) is 11.6. The predicted octanol–water partition coefficient (Wildman–Crippen LogP) is 5.10. The van der Waals surface area contributed by atoms with E-state index in [1.54, 1.807) is 50.3 Å². The summed E-state index contributed by atoms with van der Waals surface area (Å²) in [7, 11) is 8.67. The van der Waals surface area contributed by atoms with E-state index in [4.69, 9.17) is 20.9 Å². The van der Waals surface area contributed by atoms with Crippen molar-refractivity contribution >= 4 is 40.9 Å². The predicted molar refractivity (Wildman–Crippen MR) is 239 cm³/mol. The Labute approximate surface area is 359 Å². The Hall–Kier alpha value is -4.53. The molecule has 60 heavy (non-hydrogen) atoms. The van der Waals surface area contributed by atoms with Crippen LogP contribution in [0.1, 0.15) is 92.1 Å². The Morgan fingerprint density at radius 2 is 1.53 bits per heavy atom. The van der Waals surface area contributed by atoms with Gasteiger partial charge in [-0.05, 0) is 75.0 Å². The number of benzene rings is 2. The van der Waals surface area contributed by atoms with Crippen molar-refractivity contribution < 1.29 is 33.4 Å². The number of carbonyl (C=O) groups excluding carboxylic acids is 5. The van der Waals surface area contributed by atoms with Crippen molar-refractivity contribution in [1.82, 2.24) is 20.0 Å². The number of ether oxygens (including phenoxy) is 2. The number of amides is 5. The lowest BCUT2D eigenvalue weighted by Gasteiger charge is -2.39. The molecule has 0 saturated carbocycles. The molecule has 3 rings (SSSR count). The number of anilines is 2. The molecule has 0 aromatic heterocycles. The molecule has 14 heteroatoms. The second-order valence-corrected chi connectivity index (χ2v) is 16.7. The van der Waals surface area contributed by atoms with Crippen molar-refractivity contribution in [2.75, 3.05) is 53.0 Å². The number of unbranched alkanes of at least 4 members (excludes halogenated alkanes) is 1. The number of nitrogens with two attached hydrogens (primary N) is 2. The molecule has 0 spiro atoms. The molecule has 336 valence electrons. The molecular formula is C46H75N7O7. The van der Waals surface area contributed by atoms with E-state index in [1.807, 2.05) is 75.1 Å². The molecular weight excluding hydrogens is 763 g/mol. The minimum atomic E-state index is -0.860. The van der Waals surface area contributed by atoms with Crippen LogP contribution in [0, 0.1) is 17.8 Å². The second-order valence-electron chi connectivity index (χ2n) is 16.7. The zero-order chi connectivity index (χ0) is 45.1. The van der Waals surface area contributed by atoms with E-state index in [0.717, 1.165) is 31.2 Å². The minimum Gasteiger partial charge on any atom is -0.399 e. The van der Waals surface area contributed by atoms with Crippen molar-refractivity contribution in [3.63, 3.8) is 0 Å². The average Bonchev–Trinajstić information content (AvgIpc) is 3.70. The lowest BCUT2D eigenvalue weighted by molar-refractivity contribution is -0.146. The molecule has 2 aromatic carbocycles. The number of likely N-dealkylation sites (tertiary alicyclic amines) is 1. The topological polar surface area (TPSA) is 190 Å². The summed E-state index contributed by atoms with van der Waals surface area (Å²) in [5.41, 5.74) is 13.0. The van der Waals surface area contributed by atoms with E-state index in [1.165, 1.54) is 0 Å². The fourth-order valence-corrected chi connectivity index (χ4v) is 8.17. The molecule has 8 atom stereocenters. The summed E-state index contributed by atoms with van der Waals surface area (Å²) in [6.45, 7) is 12.5. The lowest BCUT2D eigenvalue weighted by atomic mass is 9.90. The average molecular weight is 838 g/mol. The number of nitrogens with one attached hydrogen (secondary N) is 2. The SMILES string of the molecule is CC(C)C(C(N)=O)N(C)C.CCCCC(=O)N(C)C(C(C)CC)C(CC(=O)N1CCCC1C(OC)C(C)C(=O)N[C@@H](Cc1ccccc1)C(=O)Nc1ccc(N)cc1)OC. The smallest absolute Gasteiger partial charge is 0.247 e. The normalized spacial score (nSPS) is 17.4. The molecule has 6 N–H and O–H groups in total. The van der Waals surface area contributed by atoms with Gasteiger partial charge in [-0.25, -0.2) is 0 Å². The summed E-state index contributed by atoms with van der Waals surface area (Å²) in [6, 6.07) is 14.7. The van der Waals surface area contributed by atoms with Crippen molar-refractivity contribution in [3.8, 4) is 0 Å². The number of carbonyl (C=O) groups is 5. The van der Waals surface area contributed by atoms with E-state index in [2.05, 4.69) is 31.4 Å². The summed E-state index contributed by atoms with van der Waals surface area (Å²) in [5, 5.41) is 5.87. The summed E-state index contributed by atoms with van der Waals surface area (Å²) >= 11 is 0. The van der Waals surface area contributed by atoms with Crippen LogP contribution in [-0.2, 0) is 39.9 Å². The molecule has 0 radical (unpaired) electrons. The molecule has 1 saturated heterocycles. The van der Waals surface area contributed by atoms with Gasteiger partial charge in [0.05, 0.1) is 42.7 Å². The van der Waals surface area contributed by atoms with Gasteiger partial charge in [-0.3, -0.25) is 28.9 Å². The van der Waals surface area contributed by atoms with Crippen LogP contribution >= 0.6 is 0 Å². The van der Waals surface area contributed by atoms with E-state index in [0.29, 0.717) is 30.8 Å². The molecule has 7 unspecified atom stereocenters. The van der Waals surface area contributed by atoms with Crippen LogP contribution < -0.4 is 22.1 Å². The van der Waals surface area contributed by atoms with E-state index < -0.39 is 24.2 Å². The molecule has 1 heterocycles. The van der Waals surface area contributed by atoms with E-state index in [-0.39, 0.29) is 72.3 Å². The highest BCUT2D eigenvalue weighted by Gasteiger charge is 2.42. The number of hydrogen-bond acceptors (Lipinski definition) is 9. The maximum Gasteiger partial charge on any atom is 0.247 e. The highest BCUT2D eigenvalue weighted by Crippen LogP contribution is 2.29. The monoisotopic (exact) mass is 838 g/mol. The van der Waals surface area contributed by atoms with Gasteiger partial charge < -0.3 is 41.4 Å². The first-order chi connectivity index (χ1) is 28.4. The van der Waals surface area contributed by atoms with Gasteiger partial charge in [-0.15, -0.1) is 0 Å². The van der Waals surface area contributed by atoms with E-state index in [9.17, 15) is 24.0 Å². The molecule has 1 fully saturated rings. The van der Waals surface area contributed by atoms with Crippen LogP contribution in [0.15, 0.2) is 54.6 Å².